The van der Waals surface area contributed by atoms with Crippen molar-refractivity contribution in [2.45, 2.75) is 68.7 Å². The average molecular weight is 485 g/mol. The smallest absolute Gasteiger partial charge is 0.199 e. The molecule has 0 aromatic heterocycles. The Hall–Kier alpha value is -2.19. The molecule has 0 spiro atoms. The van der Waals surface area contributed by atoms with Crippen LogP contribution in [0.4, 0.5) is 0 Å². The lowest BCUT2D eigenvalue weighted by Gasteiger charge is -2.27. The van der Waals surface area contributed by atoms with E-state index in [-0.39, 0.29) is 22.4 Å². The first-order valence-corrected chi connectivity index (χ1v) is 13.7. The molecule has 0 N–H and O–H groups in total. The summed E-state index contributed by atoms with van der Waals surface area (Å²) >= 11 is 0. The minimum atomic E-state index is -1.66. The van der Waals surface area contributed by atoms with Crippen LogP contribution in [-0.2, 0) is 0 Å². The van der Waals surface area contributed by atoms with E-state index in [2.05, 4.69) is 27.7 Å². The van der Waals surface area contributed by atoms with E-state index in [1.807, 2.05) is 52.8 Å². The number of ether oxygens (including phenoxy) is 2. The molecule has 0 fully saturated rings. The lowest BCUT2D eigenvalue weighted by molar-refractivity contribution is 0.104. The van der Waals surface area contributed by atoms with E-state index in [4.69, 9.17) is 9.47 Å². The summed E-state index contributed by atoms with van der Waals surface area (Å²) in [5.74, 6) is 1.19. The molecular weight excluding hydrogens is 443 g/mol. The Morgan fingerprint density at radius 3 is 1.79 bits per heavy atom. The van der Waals surface area contributed by atoms with Crippen LogP contribution in [0, 0.1) is 32.1 Å². The largest absolute Gasteiger partial charge is 0.493 e. The lowest BCUT2D eigenvalue weighted by atomic mass is 9.86. The van der Waals surface area contributed by atoms with E-state index < -0.39 is 7.92 Å². The van der Waals surface area contributed by atoms with Crippen LogP contribution < -0.4 is 9.47 Å². The second-order valence-corrected chi connectivity index (χ2v) is 12.4. The van der Waals surface area contributed by atoms with Gasteiger partial charge in [-0.25, -0.2) is 0 Å². The minimum absolute atomic E-state index is 0.0514. The Morgan fingerprint density at radius 1 is 0.882 bits per heavy atom. The Labute approximate surface area is 207 Å². The van der Waals surface area contributed by atoms with Crippen LogP contribution >= 0.6 is 7.92 Å². The molecule has 2 rings (SSSR count). The van der Waals surface area contributed by atoms with Gasteiger partial charge in [-0.3, -0.25) is 9.59 Å². The summed E-state index contributed by atoms with van der Waals surface area (Å²) in [5.41, 5.74) is 3.95. The first-order valence-electron chi connectivity index (χ1n) is 12.2. The number of benzene rings is 2. The maximum atomic E-state index is 14.2. The molecule has 0 aliphatic rings. The molecule has 0 saturated heterocycles. The highest BCUT2D eigenvalue weighted by Crippen LogP contribution is 2.50. The lowest BCUT2D eigenvalue weighted by Crippen LogP contribution is -2.19. The van der Waals surface area contributed by atoms with Crippen LogP contribution in [0.5, 0.6) is 11.5 Å². The van der Waals surface area contributed by atoms with Crippen molar-refractivity contribution in [1.29, 1.82) is 0 Å². The van der Waals surface area contributed by atoms with Crippen LogP contribution in [-0.4, -0.2) is 30.4 Å². The van der Waals surface area contributed by atoms with Gasteiger partial charge in [0.1, 0.15) is 17.1 Å². The van der Waals surface area contributed by atoms with Gasteiger partial charge in [-0.15, -0.1) is 0 Å². The molecule has 34 heavy (non-hydrogen) atoms. The minimum Gasteiger partial charge on any atom is -0.493 e. The van der Waals surface area contributed by atoms with Crippen LogP contribution in [0.2, 0.25) is 0 Å². The van der Waals surface area contributed by atoms with E-state index in [9.17, 15) is 9.59 Å². The Kier molecular flexibility index (Phi) is 9.88. The Morgan fingerprint density at radius 2 is 1.35 bits per heavy atom. The highest BCUT2D eigenvalue weighted by atomic mass is 31.1. The van der Waals surface area contributed by atoms with E-state index in [1.165, 1.54) is 0 Å². The molecule has 0 aliphatic carbocycles. The first kappa shape index (κ1) is 28.1. The average Bonchev–Trinajstić information content (AvgIpc) is 2.70. The van der Waals surface area contributed by atoms with E-state index >= 15 is 0 Å². The SMILES string of the molecule is CCOc1cccc(OCC)c1C(=O)P(CC(C)CC(C)(C)C)C(=O)c1c(C)cc(C)cc1C. The molecule has 0 heterocycles. The molecule has 2 aromatic carbocycles. The molecule has 0 saturated carbocycles. The maximum Gasteiger partial charge on any atom is 0.199 e. The number of aryl methyl sites for hydroxylation is 3. The third-order valence-corrected chi connectivity index (χ3v) is 8.05. The van der Waals surface area contributed by atoms with Gasteiger partial charge in [-0.2, -0.15) is 0 Å². The van der Waals surface area contributed by atoms with Crippen molar-refractivity contribution < 1.29 is 19.1 Å². The molecular formula is C29H41O4P. The molecule has 186 valence electrons. The monoisotopic (exact) mass is 484 g/mol. The van der Waals surface area contributed by atoms with Gasteiger partial charge in [0.05, 0.1) is 13.2 Å². The fourth-order valence-corrected chi connectivity index (χ4v) is 7.12. The molecule has 4 nitrogen and oxygen atoms in total. The fraction of sp³-hybridized carbons (Fsp3) is 0.517. The van der Waals surface area contributed by atoms with E-state index in [0.29, 0.717) is 42.0 Å². The Balaban J connectivity index is 2.63. The van der Waals surface area contributed by atoms with Gasteiger partial charge in [0.15, 0.2) is 11.0 Å². The van der Waals surface area contributed by atoms with E-state index in [1.54, 1.807) is 12.1 Å². The summed E-state index contributed by atoms with van der Waals surface area (Å²) < 4.78 is 11.7. The normalized spacial score (nSPS) is 13.3. The zero-order valence-electron chi connectivity index (χ0n) is 22.4. The zero-order valence-corrected chi connectivity index (χ0v) is 23.3. The summed E-state index contributed by atoms with van der Waals surface area (Å²) in [4.78, 5) is 28.3. The molecule has 0 radical (unpaired) electrons. The number of rotatable bonds is 11. The molecule has 0 bridgehead atoms. The summed E-state index contributed by atoms with van der Waals surface area (Å²) in [7, 11) is -1.66. The summed E-state index contributed by atoms with van der Waals surface area (Å²) in [6.45, 7) is 19.3. The zero-order chi connectivity index (χ0) is 25.6. The second-order valence-electron chi connectivity index (χ2n) is 10.4. The highest BCUT2D eigenvalue weighted by molar-refractivity contribution is 7.90. The number of hydrogen-bond acceptors (Lipinski definition) is 4. The number of carbonyl (C=O) groups excluding carboxylic acids is 2. The second kappa shape index (κ2) is 12.0. The molecule has 0 amide bonds. The molecule has 2 aromatic rings. The van der Waals surface area contributed by atoms with Crippen molar-refractivity contribution in [3.8, 4) is 11.5 Å². The molecule has 2 atom stereocenters. The van der Waals surface area contributed by atoms with Gasteiger partial charge in [0, 0.05) is 13.5 Å². The molecule has 2 unspecified atom stereocenters. The van der Waals surface area contributed by atoms with Gasteiger partial charge in [0.2, 0.25) is 0 Å². The summed E-state index contributed by atoms with van der Waals surface area (Å²) in [6.07, 6.45) is 1.48. The van der Waals surface area contributed by atoms with Crippen LogP contribution in [0.1, 0.15) is 85.4 Å². The third-order valence-electron chi connectivity index (χ3n) is 5.64. The predicted molar refractivity (Wildman–Crippen MR) is 143 cm³/mol. The van der Waals surface area contributed by atoms with E-state index in [0.717, 1.165) is 23.1 Å². The number of hydrogen-bond donors (Lipinski definition) is 0. The van der Waals surface area contributed by atoms with Crippen molar-refractivity contribution in [2.75, 3.05) is 19.4 Å². The van der Waals surface area contributed by atoms with Crippen molar-refractivity contribution in [3.05, 3.63) is 58.1 Å². The summed E-state index contributed by atoms with van der Waals surface area (Å²) in [6, 6.07) is 9.46. The number of carbonyl (C=O) groups is 2. The predicted octanol–water partition coefficient (Wildman–Crippen LogP) is 7.94. The summed E-state index contributed by atoms with van der Waals surface area (Å²) in [5, 5.41) is 0. The highest BCUT2D eigenvalue weighted by Gasteiger charge is 2.35. The van der Waals surface area contributed by atoms with Crippen molar-refractivity contribution >= 4 is 19.0 Å². The molecule has 5 heteroatoms. The van der Waals surface area contributed by atoms with Crippen molar-refractivity contribution in [2.24, 2.45) is 11.3 Å². The first-order chi connectivity index (χ1) is 15.9. The fourth-order valence-electron chi connectivity index (χ4n) is 4.74. The van der Waals surface area contributed by atoms with Gasteiger partial charge in [0.25, 0.3) is 0 Å². The third kappa shape index (κ3) is 7.15. The Bertz CT molecular complexity index is 972. The van der Waals surface area contributed by atoms with Crippen LogP contribution in [0.3, 0.4) is 0 Å². The van der Waals surface area contributed by atoms with Crippen LogP contribution in [0.15, 0.2) is 30.3 Å². The maximum absolute atomic E-state index is 14.2. The van der Waals surface area contributed by atoms with Crippen LogP contribution in [0.25, 0.3) is 0 Å². The van der Waals surface area contributed by atoms with Crippen molar-refractivity contribution in [3.63, 3.8) is 0 Å². The molecule has 0 aliphatic heterocycles. The van der Waals surface area contributed by atoms with Crippen molar-refractivity contribution in [1.82, 2.24) is 0 Å². The quantitative estimate of drug-likeness (QED) is 0.304. The topological polar surface area (TPSA) is 52.6 Å². The van der Waals surface area contributed by atoms with Gasteiger partial charge in [-0.05, 0) is 81.8 Å². The van der Waals surface area contributed by atoms with Gasteiger partial charge >= 0.3 is 0 Å². The van der Waals surface area contributed by atoms with Gasteiger partial charge < -0.3 is 9.47 Å². The van der Waals surface area contributed by atoms with Gasteiger partial charge in [-0.1, -0.05) is 51.5 Å². The standard InChI is InChI=1S/C29H41O4P/c1-10-32-23-13-12-14-24(33-11-2)26(23)28(31)34(18-20(4)17-29(7,8)9)27(30)25-21(5)15-19(3)16-22(25)6/h12-16,20H,10-11,17-18H2,1-9H3.